The van der Waals surface area contributed by atoms with Crippen LogP contribution in [0.4, 0.5) is 0 Å². The molecular weight excluding hydrogens is 270 g/mol. The number of halogens is 1. The standard InChI is InChI=1S/C12H16BrNO2/c13-9-12(15)14-7-4-8-16-10-11-5-2-1-3-6-11/h1-3,5-6H,4,7-10H2,(H,14,15). The predicted octanol–water partition coefficient (Wildman–Crippen LogP) is 2.10. The molecule has 1 amide bonds. The van der Waals surface area contributed by atoms with Crippen LogP contribution in [0.15, 0.2) is 30.3 Å². The average molecular weight is 286 g/mol. The topological polar surface area (TPSA) is 38.3 Å². The third-order valence-electron chi connectivity index (χ3n) is 2.02. The number of hydrogen-bond donors (Lipinski definition) is 1. The SMILES string of the molecule is O=C(CBr)NCCCOCc1ccccc1. The van der Waals surface area contributed by atoms with Crippen molar-refractivity contribution in [1.29, 1.82) is 0 Å². The molecule has 1 aromatic rings. The van der Waals surface area contributed by atoms with Crippen LogP contribution in [0.5, 0.6) is 0 Å². The van der Waals surface area contributed by atoms with Crippen molar-refractivity contribution >= 4 is 21.8 Å². The fourth-order valence-electron chi connectivity index (χ4n) is 1.21. The molecule has 88 valence electrons. The summed E-state index contributed by atoms with van der Waals surface area (Å²) in [5.74, 6) is 0.0167. The molecule has 0 aromatic heterocycles. The Balaban J connectivity index is 1.98. The minimum absolute atomic E-state index is 0.0167. The minimum atomic E-state index is 0.0167. The van der Waals surface area contributed by atoms with Crippen molar-refractivity contribution in [2.75, 3.05) is 18.5 Å². The van der Waals surface area contributed by atoms with Crippen LogP contribution in [0, 0.1) is 0 Å². The second kappa shape index (κ2) is 8.30. The largest absolute Gasteiger partial charge is 0.377 e. The van der Waals surface area contributed by atoms with Gasteiger partial charge in [0.2, 0.25) is 5.91 Å². The van der Waals surface area contributed by atoms with Crippen molar-refractivity contribution in [3.63, 3.8) is 0 Å². The monoisotopic (exact) mass is 285 g/mol. The third-order valence-corrected chi connectivity index (χ3v) is 2.53. The minimum Gasteiger partial charge on any atom is -0.377 e. The maximum Gasteiger partial charge on any atom is 0.230 e. The van der Waals surface area contributed by atoms with Gasteiger partial charge in [-0.25, -0.2) is 0 Å². The molecule has 0 fully saturated rings. The number of amides is 1. The summed E-state index contributed by atoms with van der Waals surface area (Å²) in [6, 6.07) is 10.0. The van der Waals surface area contributed by atoms with Crippen molar-refractivity contribution in [2.45, 2.75) is 13.0 Å². The third kappa shape index (κ3) is 5.88. The van der Waals surface area contributed by atoms with Crippen LogP contribution >= 0.6 is 15.9 Å². The smallest absolute Gasteiger partial charge is 0.230 e. The number of carbonyl (C=O) groups is 1. The fraction of sp³-hybridized carbons (Fsp3) is 0.417. The van der Waals surface area contributed by atoms with E-state index in [0.29, 0.717) is 25.1 Å². The molecule has 0 heterocycles. The zero-order chi connectivity index (χ0) is 11.6. The quantitative estimate of drug-likeness (QED) is 0.616. The summed E-state index contributed by atoms with van der Waals surface area (Å²) >= 11 is 3.08. The number of carbonyl (C=O) groups excluding carboxylic acids is 1. The number of rotatable bonds is 7. The molecule has 0 saturated heterocycles. The molecule has 3 nitrogen and oxygen atoms in total. The van der Waals surface area contributed by atoms with Gasteiger partial charge in [-0.3, -0.25) is 4.79 Å². The fourth-order valence-corrected chi connectivity index (χ4v) is 1.41. The second-order valence-corrected chi connectivity index (χ2v) is 3.94. The highest BCUT2D eigenvalue weighted by molar-refractivity contribution is 9.09. The van der Waals surface area contributed by atoms with Crippen LogP contribution in [0.2, 0.25) is 0 Å². The lowest BCUT2D eigenvalue weighted by Crippen LogP contribution is -2.25. The molecule has 1 N–H and O–H groups in total. The first-order valence-corrected chi connectivity index (χ1v) is 6.39. The summed E-state index contributed by atoms with van der Waals surface area (Å²) < 4.78 is 5.47. The second-order valence-electron chi connectivity index (χ2n) is 3.38. The van der Waals surface area contributed by atoms with Crippen LogP contribution in [0.1, 0.15) is 12.0 Å². The predicted molar refractivity (Wildman–Crippen MR) is 67.5 cm³/mol. The zero-order valence-electron chi connectivity index (χ0n) is 9.12. The summed E-state index contributed by atoms with van der Waals surface area (Å²) in [6.45, 7) is 1.96. The molecule has 0 aliphatic rings. The van der Waals surface area contributed by atoms with Gasteiger partial charge < -0.3 is 10.1 Å². The lowest BCUT2D eigenvalue weighted by molar-refractivity contribution is -0.118. The Kier molecular flexibility index (Phi) is 6.85. The molecule has 4 heteroatoms. The summed E-state index contributed by atoms with van der Waals surface area (Å²) in [6.07, 6.45) is 0.839. The Labute approximate surface area is 104 Å². The number of ether oxygens (including phenoxy) is 1. The van der Waals surface area contributed by atoms with Gasteiger partial charge >= 0.3 is 0 Å². The van der Waals surface area contributed by atoms with E-state index in [4.69, 9.17) is 4.74 Å². The van der Waals surface area contributed by atoms with E-state index in [1.807, 2.05) is 30.3 Å². The lowest BCUT2D eigenvalue weighted by Gasteiger charge is -2.05. The number of nitrogens with one attached hydrogen (secondary N) is 1. The molecular formula is C12H16BrNO2. The molecule has 1 aromatic carbocycles. The van der Waals surface area contributed by atoms with E-state index in [-0.39, 0.29) is 5.91 Å². The summed E-state index contributed by atoms with van der Waals surface area (Å²) in [5.41, 5.74) is 1.17. The van der Waals surface area contributed by atoms with Gasteiger partial charge in [-0.2, -0.15) is 0 Å². The van der Waals surface area contributed by atoms with Crippen LogP contribution in [0.25, 0.3) is 0 Å². The molecule has 0 unspecified atom stereocenters. The first-order chi connectivity index (χ1) is 7.83. The zero-order valence-corrected chi connectivity index (χ0v) is 10.7. The Morgan fingerprint density at radius 1 is 1.31 bits per heavy atom. The highest BCUT2D eigenvalue weighted by Gasteiger charge is 1.96. The van der Waals surface area contributed by atoms with Crippen molar-refractivity contribution in [1.82, 2.24) is 5.32 Å². The Morgan fingerprint density at radius 3 is 2.75 bits per heavy atom. The van der Waals surface area contributed by atoms with Crippen molar-refractivity contribution < 1.29 is 9.53 Å². The molecule has 1 rings (SSSR count). The van der Waals surface area contributed by atoms with E-state index in [0.717, 1.165) is 6.42 Å². The molecule has 0 aliphatic heterocycles. The molecule has 0 atom stereocenters. The van der Waals surface area contributed by atoms with Gasteiger partial charge in [0.1, 0.15) is 0 Å². The van der Waals surface area contributed by atoms with E-state index in [1.54, 1.807) is 0 Å². The van der Waals surface area contributed by atoms with E-state index in [2.05, 4.69) is 21.2 Å². The normalized spacial score (nSPS) is 10.1. The van der Waals surface area contributed by atoms with Crippen LogP contribution in [-0.2, 0) is 16.1 Å². The highest BCUT2D eigenvalue weighted by Crippen LogP contribution is 2.00. The van der Waals surface area contributed by atoms with Gasteiger partial charge in [0, 0.05) is 13.2 Å². The highest BCUT2D eigenvalue weighted by atomic mass is 79.9. The molecule has 0 spiro atoms. The van der Waals surface area contributed by atoms with Crippen LogP contribution in [0.3, 0.4) is 0 Å². The van der Waals surface area contributed by atoms with Crippen LogP contribution < -0.4 is 5.32 Å². The van der Waals surface area contributed by atoms with Gasteiger partial charge in [-0.05, 0) is 12.0 Å². The Bertz CT molecular complexity index is 303. The van der Waals surface area contributed by atoms with Gasteiger partial charge in [0.15, 0.2) is 0 Å². The summed E-state index contributed by atoms with van der Waals surface area (Å²) in [4.78, 5) is 10.9. The first kappa shape index (κ1) is 13.2. The number of benzene rings is 1. The Hall–Kier alpha value is -0.870. The maximum atomic E-state index is 10.9. The average Bonchev–Trinajstić information content (AvgIpc) is 2.34. The van der Waals surface area contributed by atoms with E-state index >= 15 is 0 Å². The summed E-state index contributed by atoms with van der Waals surface area (Å²) in [7, 11) is 0. The maximum absolute atomic E-state index is 10.9. The molecule has 16 heavy (non-hydrogen) atoms. The number of alkyl halides is 1. The molecule has 0 bridgehead atoms. The molecule has 0 radical (unpaired) electrons. The van der Waals surface area contributed by atoms with E-state index in [9.17, 15) is 4.79 Å². The van der Waals surface area contributed by atoms with E-state index in [1.165, 1.54) is 5.56 Å². The van der Waals surface area contributed by atoms with Gasteiger partial charge in [-0.15, -0.1) is 0 Å². The van der Waals surface area contributed by atoms with Crippen LogP contribution in [-0.4, -0.2) is 24.4 Å². The van der Waals surface area contributed by atoms with Crippen molar-refractivity contribution in [3.05, 3.63) is 35.9 Å². The Morgan fingerprint density at radius 2 is 2.06 bits per heavy atom. The summed E-state index contributed by atoms with van der Waals surface area (Å²) in [5, 5.41) is 3.12. The van der Waals surface area contributed by atoms with Crippen molar-refractivity contribution in [3.8, 4) is 0 Å². The van der Waals surface area contributed by atoms with Gasteiger partial charge in [0.05, 0.1) is 11.9 Å². The number of hydrogen-bond acceptors (Lipinski definition) is 2. The molecule has 0 saturated carbocycles. The molecule has 0 aliphatic carbocycles. The first-order valence-electron chi connectivity index (χ1n) is 5.27. The van der Waals surface area contributed by atoms with Gasteiger partial charge in [0.25, 0.3) is 0 Å². The lowest BCUT2D eigenvalue weighted by atomic mass is 10.2. The van der Waals surface area contributed by atoms with E-state index < -0.39 is 0 Å². The van der Waals surface area contributed by atoms with Gasteiger partial charge in [-0.1, -0.05) is 46.3 Å². The van der Waals surface area contributed by atoms with Crippen molar-refractivity contribution in [2.24, 2.45) is 0 Å².